The molecule has 0 N–H and O–H groups in total. The molecule has 0 fully saturated rings. The third-order valence-electron chi connectivity index (χ3n) is 2.40. The minimum atomic E-state index is -0.296. The van der Waals surface area contributed by atoms with E-state index in [-0.39, 0.29) is 40.2 Å². The summed E-state index contributed by atoms with van der Waals surface area (Å²) in [5.41, 5.74) is 0.777. The number of hydrogen-bond donors (Lipinski definition) is 0. The third-order valence-corrected chi connectivity index (χ3v) is 2.40. The molecular formula is C11H6O4. The van der Waals surface area contributed by atoms with Crippen LogP contribution in [0.2, 0.25) is 0 Å². The van der Waals surface area contributed by atoms with E-state index in [2.05, 4.69) is 0 Å². The number of fused-ring (bicyclic) bond motifs is 1. The quantitative estimate of drug-likeness (QED) is 0.531. The van der Waals surface area contributed by atoms with Crippen molar-refractivity contribution in [3.8, 4) is 0 Å². The van der Waals surface area contributed by atoms with Gasteiger partial charge in [0.25, 0.3) is 0 Å². The number of Topliss-reactive ketones (excluding diaryl/α,β-unsaturated/α-hetero) is 2. The Hall–Kier alpha value is -2.10. The summed E-state index contributed by atoms with van der Waals surface area (Å²) < 4.78 is 0. The predicted octanol–water partition coefficient (Wildman–Crippen LogP) is 1.08. The largest absolute Gasteiger partial charge is 0.298 e. The molecule has 1 aliphatic carbocycles. The van der Waals surface area contributed by atoms with Crippen LogP contribution in [0.4, 0.5) is 0 Å². The SMILES string of the molecule is O=Cc1cc2c(cc1C=O)C(=O)CC2=O. The number of rotatable bonds is 2. The van der Waals surface area contributed by atoms with E-state index in [0.717, 1.165) is 0 Å². The van der Waals surface area contributed by atoms with E-state index in [1.165, 1.54) is 12.1 Å². The zero-order chi connectivity index (χ0) is 11.0. The Morgan fingerprint density at radius 1 is 0.867 bits per heavy atom. The van der Waals surface area contributed by atoms with Crippen LogP contribution in [0.5, 0.6) is 0 Å². The topological polar surface area (TPSA) is 68.3 Å². The molecule has 0 amide bonds. The first-order valence-corrected chi connectivity index (χ1v) is 4.32. The molecule has 2 rings (SSSR count). The average Bonchev–Trinajstić information content (AvgIpc) is 2.52. The number of aldehydes is 2. The van der Waals surface area contributed by atoms with Crippen LogP contribution < -0.4 is 0 Å². The van der Waals surface area contributed by atoms with Crippen LogP contribution in [-0.4, -0.2) is 24.1 Å². The van der Waals surface area contributed by atoms with Crippen LogP contribution in [0.25, 0.3) is 0 Å². The standard InChI is InChI=1S/C11H6O4/c12-4-6-1-8-9(2-7(6)5-13)11(15)3-10(8)14/h1-2,4-5H,3H2. The number of benzene rings is 1. The maximum absolute atomic E-state index is 11.3. The molecule has 1 aliphatic rings. The van der Waals surface area contributed by atoms with Crippen molar-refractivity contribution >= 4 is 24.1 Å². The van der Waals surface area contributed by atoms with Gasteiger partial charge in [-0.05, 0) is 12.1 Å². The van der Waals surface area contributed by atoms with Gasteiger partial charge in [0.2, 0.25) is 0 Å². The van der Waals surface area contributed by atoms with E-state index >= 15 is 0 Å². The van der Waals surface area contributed by atoms with Gasteiger partial charge in [0.15, 0.2) is 24.1 Å². The van der Waals surface area contributed by atoms with Gasteiger partial charge in [-0.2, -0.15) is 0 Å². The molecule has 15 heavy (non-hydrogen) atoms. The Balaban J connectivity index is 2.73. The molecule has 0 aromatic heterocycles. The molecule has 1 aromatic carbocycles. The maximum Gasteiger partial charge on any atom is 0.171 e. The maximum atomic E-state index is 11.3. The van der Waals surface area contributed by atoms with Crippen molar-refractivity contribution in [2.75, 3.05) is 0 Å². The summed E-state index contributed by atoms with van der Waals surface area (Å²) in [5, 5.41) is 0. The highest BCUT2D eigenvalue weighted by atomic mass is 16.2. The van der Waals surface area contributed by atoms with Gasteiger partial charge in [-0.25, -0.2) is 0 Å². The lowest BCUT2D eigenvalue weighted by atomic mass is 10.0. The first kappa shape index (κ1) is 9.45. The lowest BCUT2D eigenvalue weighted by Crippen LogP contribution is -1.98. The second kappa shape index (κ2) is 3.24. The average molecular weight is 202 g/mol. The number of carbonyl (C=O) groups is 4. The van der Waals surface area contributed by atoms with Crippen molar-refractivity contribution < 1.29 is 19.2 Å². The fourth-order valence-electron chi connectivity index (χ4n) is 1.63. The summed E-state index contributed by atoms with van der Waals surface area (Å²) >= 11 is 0. The lowest BCUT2D eigenvalue weighted by molar-refractivity contribution is 0.0922. The van der Waals surface area contributed by atoms with Crippen molar-refractivity contribution in [1.82, 2.24) is 0 Å². The molecule has 4 nitrogen and oxygen atoms in total. The van der Waals surface area contributed by atoms with Crippen LogP contribution >= 0.6 is 0 Å². The highest BCUT2D eigenvalue weighted by molar-refractivity contribution is 6.25. The highest BCUT2D eigenvalue weighted by Gasteiger charge is 2.28. The van der Waals surface area contributed by atoms with Crippen molar-refractivity contribution in [3.63, 3.8) is 0 Å². The smallest absolute Gasteiger partial charge is 0.171 e. The van der Waals surface area contributed by atoms with E-state index in [1.54, 1.807) is 0 Å². The molecule has 0 bridgehead atoms. The first-order valence-electron chi connectivity index (χ1n) is 4.32. The fraction of sp³-hybridized carbons (Fsp3) is 0.0909. The molecule has 4 heteroatoms. The Morgan fingerprint density at radius 2 is 1.27 bits per heavy atom. The summed E-state index contributed by atoms with van der Waals surface area (Å²) in [6.45, 7) is 0. The van der Waals surface area contributed by atoms with Gasteiger partial charge >= 0.3 is 0 Å². The molecule has 0 heterocycles. The normalized spacial score (nSPS) is 13.9. The van der Waals surface area contributed by atoms with Crippen molar-refractivity contribution in [2.24, 2.45) is 0 Å². The summed E-state index contributed by atoms with van der Waals surface area (Å²) in [6, 6.07) is 2.61. The molecule has 0 atom stereocenters. The van der Waals surface area contributed by atoms with Gasteiger partial charge < -0.3 is 0 Å². The Kier molecular flexibility index (Phi) is 2.04. The third kappa shape index (κ3) is 1.30. The van der Waals surface area contributed by atoms with Crippen molar-refractivity contribution in [2.45, 2.75) is 6.42 Å². The Bertz CT molecular complexity index is 455. The minimum absolute atomic E-state index is 0.145. The molecular weight excluding hydrogens is 196 g/mol. The van der Waals surface area contributed by atoms with Gasteiger partial charge in [-0.3, -0.25) is 19.2 Å². The van der Waals surface area contributed by atoms with Crippen molar-refractivity contribution in [1.29, 1.82) is 0 Å². The molecule has 1 aromatic rings. The number of hydrogen-bond acceptors (Lipinski definition) is 4. The highest BCUT2D eigenvalue weighted by Crippen LogP contribution is 2.24. The van der Waals surface area contributed by atoms with E-state index in [1.807, 2.05) is 0 Å². The summed E-state index contributed by atoms with van der Waals surface area (Å²) in [5.74, 6) is -0.592. The Morgan fingerprint density at radius 3 is 1.60 bits per heavy atom. The molecule has 0 unspecified atom stereocenters. The van der Waals surface area contributed by atoms with Gasteiger partial charge in [0, 0.05) is 22.3 Å². The number of carbonyl (C=O) groups excluding carboxylic acids is 4. The van der Waals surface area contributed by atoms with Crippen LogP contribution in [0.3, 0.4) is 0 Å². The molecule has 74 valence electrons. The van der Waals surface area contributed by atoms with Gasteiger partial charge in [0.1, 0.15) is 0 Å². The molecule has 0 spiro atoms. The van der Waals surface area contributed by atoms with Crippen LogP contribution in [0.1, 0.15) is 47.9 Å². The van der Waals surface area contributed by atoms with E-state index in [0.29, 0.717) is 12.6 Å². The first-order chi connectivity index (χ1) is 7.17. The number of ketones is 2. The predicted molar refractivity (Wildman–Crippen MR) is 50.5 cm³/mol. The lowest BCUT2D eigenvalue weighted by Gasteiger charge is -2.00. The second-order valence-electron chi connectivity index (χ2n) is 3.29. The zero-order valence-corrected chi connectivity index (χ0v) is 7.65. The molecule has 0 saturated carbocycles. The van der Waals surface area contributed by atoms with E-state index < -0.39 is 0 Å². The monoisotopic (exact) mass is 202 g/mol. The van der Waals surface area contributed by atoms with Crippen LogP contribution in [-0.2, 0) is 0 Å². The summed E-state index contributed by atoms with van der Waals surface area (Å²) in [4.78, 5) is 43.9. The summed E-state index contributed by atoms with van der Waals surface area (Å²) in [7, 11) is 0. The van der Waals surface area contributed by atoms with Crippen molar-refractivity contribution in [3.05, 3.63) is 34.4 Å². The zero-order valence-electron chi connectivity index (χ0n) is 7.65. The van der Waals surface area contributed by atoms with Gasteiger partial charge in [0.05, 0.1) is 6.42 Å². The van der Waals surface area contributed by atoms with Gasteiger partial charge in [-0.1, -0.05) is 0 Å². The molecule has 0 aliphatic heterocycles. The van der Waals surface area contributed by atoms with E-state index in [9.17, 15) is 19.2 Å². The molecule has 0 saturated heterocycles. The van der Waals surface area contributed by atoms with Gasteiger partial charge in [-0.15, -0.1) is 0 Å². The second-order valence-corrected chi connectivity index (χ2v) is 3.29. The van der Waals surface area contributed by atoms with Crippen LogP contribution in [0.15, 0.2) is 12.1 Å². The van der Waals surface area contributed by atoms with Crippen LogP contribution in [0, 0.1) is 0 Å². The summed E-state index contributed by atoms with van der Waals surface area (Å²) in [6.07, 6.45) is 0.829. The van der Waals surface area contributed by atoms with E-state index in [4.69, 9.17) is 0 Å². The fourth-order valence-corrected chi connectivity index (χ4v) is 1.63. The Labute approximate surface area is 84.9 Å². The minimum Gasteiger partial charge on any atom is -0.298 e. The molecule has 0 radical (unpaired) electrons.